The van der Waals surface area contributed by atoms with Crippen LogP contribution in [0.2, 0.25) is 0 Å². The van der Waals surface area contributed by atoms with Crippen molar-refractivity contribution >= 4 is 29.0 Å². The predicted molar refractivity (Wildman–Crippen MR) is 117 cm³/mol. The molecule has 0 spiro atoms. The summed E-state index contributed by atoms with van der Waals surface area (Å²) in [6.07, 6.45) is 5.35. The minimum absolute atomic E-state index is 0.0635. The Kier molecular flexibility index (Phi) is 6.23. The Balaban J connectivity index is 1.31. The lowest BCUT2D eigenvalue weighted by Crippen LogP contribution is -2.42. The maximum Gasteiger partial charge on any atom is 0.238 e. The number of aromatic nitrogens is 2. The molecule has 2 saturated heterocycles. The molecule has 1 aromatic heterocycles. The summed E-state index contributed by atoms with van der Waals surface area (Å²) in [7, 11) is 1.96. The second kappa shape index (κ2) is 9.21. The number of hydrogen-bond donors (Lipinski definition) is 1. The normalized spacial score (nSPS) is 19.0. The first-order valence-corrected chi connectivity index (χ1v) is 10.5. The van der Waals surface area contributed by atoms with Gasteiger partial charge in [-0.1, -0.05) is 6.07 Å². The highest BCUT2D eigenvalue weighted by atomic mass is 16.2. The molecular formula is C22H28N6O2. The van der Waals surface area contributed by atoms with Crippen LogP contribution in [0, 0.1) is 0 Å². The smallest absolute Gasteiger partial charge is 0.238 e. The molecule has 2 aliphatic rings. The zero-order chi connectivity index (χ0) is 20.9. The van der Waals surface area contributed by atoms with E-state index in [9.17, 15) is 9.59 Å². The minimum atomic E-state index is -0.0635. The third-order valence-corrected chi connectivity index (χ3v) is 5.68. The third-order valence-electron chi connectivity index (χ3n) is 5.68. The summed E-state index contributed by atoms with van der Waals surface area (Å²) in [5.74, 6) is 0.972. The fourth-order valence-corrected chi connectivity index (χ4v) is 4.32. The monoisotopic (exact) mass is 408 g/mol. The van der Waals surface area contributed by atoms with E-state index in [0.29, 0.717) is 24.7 Å². The van der Waals surface area contributed by atoms with Crippen LogP contribution in [0.15, 0.2) is 42.6 Å². The van der Waals surface area contributed by atoms with Crippen molar-refractivity contribution in [2.45, 2.75) is 31.7 Å². The number of anilines is 3. The topological polar surface area (TPSA) is 81.7 Å². The van der Waals surface area contributed by atoms with Gasteiger partial charge in [0.25, 0.3) is 0 Å². The highest BCUT2D eigenvalue weighted by Gasteiger charge is 2.27. The highest BCUT2D eigenvalue weighted by Crippen LogP contribution is 2.25. The first kappa shape index (κ1) is 20.3. The summed E-state index contributed by atoms with van der Waals surface area (Å²) in [6, 6.07) is 11.7. The fourth-order valence-electron chi connectivity index (χ4n) is 4.32. The number of rotatable bonds is 7. The van der Waals surface area contributed by atoms with Gasteiger partial charge < -0.3 is 15.1 Å². The lowest BCUT2D eigenvalue weighted by atomic mass is 10.2. The number of likely N-dealkylation sites (N-methyl/N-ethyl adjacent to an activating group) is 1. The standard InChI is InChI=1S/C22H28N6O2/c1-26(15-19-8-4-12-27(19)20-9-3-11-23-25-20)16-21(29)24-17-6-2-7-18(14-17)28-13-5-10-22(28)30/h2-3,6-7,9,11,14,19H,4-5,8,10,12-13,15-16H2,1H3,(H,24,29). The van der Waals surface area contributed by atoms with Gasteiger partial charge in [-0.3, -0.25) is 14.5 Å². The summed E-state index contributed by atoms with van der Waals surface area (Å²) in [6.45, 7) is 2.79. The average Bonchev–Trinajstić information content (AvgIpc) is 3.37. The molecule has 8 heteroatoms. The molecule has 1 unspecified atom stereocenters. The van der Waals surface area contributed by atoms with Crippen molar-refractivity contribution in [3.8, 4) is 0 Å². The van der Waals surface area contributed by atoms with Gasteiger partial charge in [-0.25, -0.2) is 0 Å². The van der Waals surface area contributed by atoms with Crippen molar-refractivity contribution in [1.29, 1.82) is 0 Å². The van der Waals surface area contributed by atoms with Crippen molar-refractivity contribution in [3.05, 3.63) is 42.6 Å². The molecule has 8 nitrogen and oxygen atoms in total. The van der Waals surface area contributed by atoms with Crippen LogP contribution in [-0.2, 0) is 9.59 Å². The largest absolute Gasteiger partial charge is 0.351 e. The molecule has 2 fully saturated rings. The van der Waals surface area contributed by atoms with E-state index >= 15 is 0 Å². The van der Waals surface area contributed by atoms with Crippen LogP contribution in [0.1, 0.15) is 25.7 Å². The molecule has 158 valence electrons. The third kappa shape index (κ3) is 4.76. The molecule has 2 amide bonds. The summed E-state index contributed by atoms with van der Waals surface area (Å²) >= 11 is 0. The van der Waals surface area contributed by atoms with Gasteiger partial charge in [-0.2, -0.15) is 5.10 Å². The van der Waals surface area contributed by atoms with Crippen molar-refractivity contribution < 1.29 is 9.59 Å². The Bertz CT molecular complexity index is 890. The van der Waals surface area contributed by atoms with Crippen LogP contribution in [0.5, 0.6) is 0 Å². The highest BCUT2D eigenvalue weighted by molar-refractivity contribution is 5.97. The van der Waals surface area contributed by atoms with Gasteiger partial charge in [0.1, 0.15) is 0 Å². The average molecular weight is 409 g/mol. The van der Waals surface area contributed by atoms with E-state index in [-0.39, 0.29) is 11.8 Å². The number of amides is 2. The molecule has 4 rings (SSSR count). The molecule has 2 aliphatic heterocycles. The number of hydrogen-bond acceptors (Lipinski definition) is 6. The summed E-state index contributed by atoms with van der Waals surface area (Å²) in [5.41, 5.74) is 1.56. The van der Waals surface area contributed by atoms with Gasteiger partial charge in [-0.15, -0.1) is 5.10 Å². The molecule has 2 aromatic rings. The summed E-state index contributed by atoms with van der Waals surface area (Å²) in [4.78, 5) is 30.6. The Labute approximate surface area is 176 Å². The van der Waals surface area contributed by atoms with Gasteiger partial charge in [0.05, 0.1) is 6.54 Å². The Morgan fingerprint density at radius 3 is 2.90 bits per heavy atom. The number of nitrogens with zero attached hydrogens (tertiary/aromatic N) is 5. The number of carbonyl (C=O) groups excluding carboxylic acids is 2. The lowest BCUT2D eigenvalue weighted by Gasteiger charge is -2.29. The molecule has 0 saturated carbocycles. The van der Waals surface area contributed by atoms with Gasteiger partial charge in [0, 0.05) is 49.7 Å². The zero-order valence-electron chi connectivity index (χ0n) is 17.3. The lowest BCUT2D eigenvalue weighted by molar-refractivity contribution is -0.117. The molecule has 0 bridgehead atoms. The van der Waals surface area contributed by atoms with Crippen LogP contribution in [0.25, 0.3) is 0 Å². The Morgan fingerprint density at radius 2 is 2.13 bits per heavy atom. The molecule has 1 aromatic carbocycles. The van der Waals surface area contributed by atoms with E-state index in [1.165, 1.54) is 0 Å². The van der Waals surface area contributed by atoms with E-state index in [0.717, 1.165) is 50.4 Å². The SMILES string of the molecule is CN(CC(=O)Nc1cccc(N2CCCC2=O)c1)CC1CCCN1c1cccnn1. The first-order valence-electron chi connectivity index (χ1n) is 10.5. The van der Waals surface area contributed by atoms with Gasteiger partial charge >= 0.3 is 0 Å². The van der Waals surface area contributed by atoms with Crippen molar-refractivity contribution in [2.24, 2.45) is 0 Å². The zero-order valence-corrected chi connectivity index (χ0v) is 17.3. The number of benzene rings is 1. The van der Waals surface area contributed by atoms with E-state index in [1.54, 1.807) is 11.1 Å². The Morgan fingerprint density at radius 1 is 1.23 bits per heavy atom. The van der Waals surface area contributed by atoms with Crippen LogP contribution in [0.4, 0.5) is 17.2 Å². The maximum absolute atomic E-state index is 12.6. The molecule has 1 N–H and O–H groups in total. The second-order valence-corrected chi connectivity index (χ2v) is 8.02. The van der Waals surface area contributed by atoms with E-state index < -0.39 is 0 Å². The van der Waals surface area contributed by atoms with Gasteiger partial charge in [0.15, 0.2) is 5.82 Å². The summed E-state index contributed by atoms with van der Waals surface area (Å²) in [5, 5.41) is 11.2. The van der Waals surface area contributed by atoms with E-state index in [4.69, 9.17) is 0 Å². The minimum Gasteiger partial charge on any atom is -0.351 e. The molecule has 0 radical (unpaired) electrons. The van der Waals surface area contributed by atoms with E-state index in [2.05, 4.69) is 20.4 Å². The van der Waals surface area contributed by atoms with Crippen molar-refractivity contribution in [2.75, 3.05) is 48.3 Å². The molecular weight excluding hydrogens is 380 g/mol. The molecule has 3 heterocycles. The van der Waals surface area contributed by atoms with Crippen LogP contribution in [-0.4, -0.2) is 66.2 Å². The van der Waals surface area contributed by atoms with Crippen LogP contribution >= 0.6 is 0 Å². The van der Waals surface area contributed by atoms with E-state index in [1.807, 2.05) is 48.3 Å². The predicted octanol–water partition coefficient (Wildman–Crippen LogP) is 2.14. The number of carbonyl (C=O) groups is 2. The van der Waals surface area contributed by atoms with Gasteiger partial charge in [-0.05, 0) is 56.6 Å². The quantitative estimate of drug-likeness (QED) is 0.756. The Hall–Kier alpha value is -3.00. The van der Waals surface area contributed by atoms with Crippen LogP contribution < -0.4 is 15.1 Å². The summed E-state index contributed by atoms with van der Waals surface area (Å²) < 4.78 is 0. The molecule has 30 heavy (non-hydrogen) atoms. The fraction of sp³-hybridized carbons (Fsp3) is 0.455. The first-order chi connectivity index (χ1) is 14.6. The van der Waals surface area contributed by atoms with Crippen molar-refractivity contribution in [3.63, 3.8) is 0 Å². The second-order valence-electron chi connectivity index (χ2n) is 8.02. The molecule has 1 atom stereocenters. The number of nitrogens with one attached hydrogen (secondary N) is 1. The van der Waals surface area contributed by atoms with Gasteiger partial charge in [0.2, 0.25) is 11.8 Å². The molecule has 0 aliphatic carbocycles. The van der Waals surface area contributed by atoms with Crippen LogP contribution in [0.3, 0.4) is 0 Å². The van der Waals surface area contributed by atoms with Crippen molar-refractivity contribution in [1.82, 2.24) is 15.1 Å². The maximum atomic E-state index is 12.6.